The topological polar surface area (TPSA) is 57.7 Å². The molecule has 0 saturated carbocycles. The Balaban J connectivity index is 2.02. The molecule has 0 unspecified atom stereocenters. The van der Waals surface area contributed by atoms with Crippen LogP contribution >= 0.6 is 0 Å². The van der Waals surface area contributed by atoms with E-state index in [2.05, 4.69) is 0 Å². The second kappa shape index (κ2) is 5.49. The zero-order chi connectivity index (χ0) is 13.0. The molecule has 18 heavy (non-hydrogen) atoms. The van der Waals surface area contributed by atoms with Crippen LogP contribution in [-0.2, 0) is 20.6 Å². The fourth-order valence-corrected chi connectivity index (χ4v) is 3.48. The predicted molar refractivity (Wildman–Crippen MR) is 68.3 cm³/mol. The molecule has 0 N–H and O–H groups in total. The third-order valence-corrected chi connectivity index (χ3v) is 4.86. The number of sulfonamides is 1. The lowest BCUT2D eigenvalue weighted by Gasteiger charge is -2.31. The van der Waals surface area contributed by atoms with Gasteiger partial charge in [-0.1, -0.05) is 30.3 Å². The van der Waals surface area contributed by atoms with Gasteiger partial charge in [-0.3, -0.25) is 4.79 Å². The Morgan fingerprint density at radius 3 is 2.22 bits per heavy atom. The van der Waals surface area contributed by atoms with Crippen LogP contribution in [0, 0.1) is 0 Å². The van der Waals surface area contributed by atoms with E-state index in [1.54, 1.807) is 17.0 Å². The first-order valence-corrected chi connectivity index (χ1v) is 7.44. The number of piperazine rings is 1. The van der Waals surface area contributed by atoms with Crippen molar-refractivity contribution >= 4 is 16.4 Å². The van der Waals surface area contributed by atoms with Crippen molar-refractivity contribution in [2.24, 2.45) is 0 Å². The first-order valence-electron chi connectivity index (χ1n) is 5.83. The van der Waals surface area contributed by atoms with Crippen LogP contribution in [0.4, 0.5) is 0 Å². The summed E-state index contributed by atoms with van der Waals surface area (Å²) in [6, 6.07) is 9.13. The van der Waals surface area contributed by atoms with Gasteiger partial charge >= 0.3 is 0 Å². The molecule has 1 aromatic carbocycles. The van der Waals surface area contributed by atoms with Crippen LogP contribution in [0.5, 0.6) is 0 Å². The summed E-state index contributed by atoms with van der Waals surface area (Å²) in [4.78, 5) is 12.2. The van der Waals surface area contributed by atoms with E-state index in [0.29, 0.717) is 26.2 Å². The van der Waals surface area contributed by atoms with Gasteiger partial charge in [-0.2, -0.15) is 4.31 Å². The van der Waals surface area contributed by atoms with Gasteiger partial charge in [0.05, 0.1) is 5.75 Å². The molecule has 0 radical (unpaired) electrons. The number of hydrogen-bond donors (Lipinski definition) is 0. The van der Waals surface area contributed by atoms with Gasteiger partial charge in [-0.15, -0.1) is 0 Å². The van der Waals surface area contributed by atoms with Gasteiger partial charge in [-0.05, 0) is 5.56 Å². The van der Waals surface area contributed by atoms with Crippen molar-refractivity contribution in [1.82, 2.24) is 9.21 Å². The maximum atomic E-state index is 12.2. The van der Waals surface area contributed by atoms with E-state index in [9.17, 15) is 13.2 Å². The predicted octanol–water partition coefficient (Wildman–Crippen LogP) is 0.290. The number of amides is 1. The summed E-state index contributed by atoms with van der Waals surface area (Å²) in [7, 11) is -3.28. The first kappa shape index (κ1) is 13.0. The summed E-state index contributed by atoms with van der Waals surface area (Å²) < 4.78 is 25.8. The Morgan fingerprint density at radius 2 is 1.67 bits per heavy atom. The van der Waals surface area contributed by atoms with Gasteiger partial charge < -0.3 is 4.90 Å². The van der Waals surface area contributed by atoms with E-state index in [1.807, 2.05) is 18.2 Å². The van der Waals surface area contributed by atoms with Crippen LogP contribution in [-0.4, -0.2) is 50.2 Å². The molecule has 1 aliphatic heterocycles. The molecule has 1 heterocycles. The summed E-state index contributed by atoms with van der Waals surface area (Å²) >= 11 is 0. The molecule has 0 aliphatic carbocycles. The van der Waals surface area contributed by atoms with Crippen LogP contribution in [0.3, 0.4) is 0 Å². The van der Waals surface area contributed by atoms with Gasteiger partial charge in [0, 0.05) is 26.2 Å². The van der Waals surface area contributed by atoms with Crippen LogP contribution < -0.4 is 0 Å². The van der Waals surface area contributed by atoms with E-state index < -0.39 is 10.0 Å². The highest BCUT2D eigenvalue weighted by Crippen LogP contribution is 2.12. The molecule has 1 aliphatic rings. The van der Waals surface area contributed by atoms with E-state index in [-0.39, 0.29) is 5.75 Å². The first-order chi connectivity index (χ1) is 8.62. The molecule has 1 saturated heterocycles. The number of carbonyl (C=O) groups is 1. The molecule has 5 nitrogen and oxygen atoms in total. The fourth-order valence-electron chi connectivity index (χ4n) is 1.96. The average molecular weight is 268 g/mol. The second-order valence-corrected chi connectivity index (χ2v) is 6.25. The summed E-state index contributed by atoms with van der Waals surface area (Å²) in [5.74, 6) is 0.0227. The third kappa shape index (κ3) is 3.08. The Bertz CT molecular complexity index is 493. The van der Waals surface area contributed by atoms with Crippen molar-refractivity contribution in [3.05, 3.63) is 35.9 Å². The molecule has 6 heteroatoms. The SMILES string of the molecule is O=CN1CCN(S(=O)(=O)Cc2ccccc2)CC1. The number of rotatable bonds is 4. The quantitative estimate of drug-likeness (QED) is 0.738. The molecule has 0 spiro atoms. The molecule has 98 valence electrons. The van der Waals surface area contributed by atoms with Crippen molar-refractivity contribution < 1.29 is 13.2 Å². The summed E-state index contributed by atoms with van der Waals surface area (Å²) in [5, 5.41) is 0. The zero-order valence-electron chi connectivity index (χ0n) is 10.0. The molecular formula is C12H16N2O3S. The Labute approximate surface area is 107 Å². The van der Waals surface area contributed by atoms with Crippen LogP contribution in [0.1, 0.15) is 5.56 Å². The Morgan fingerprint density at radius 1 is 1.06 bits per heavy atom. The van der Waals surface area contributed by atoms with E-state index in [0.717, 1.165) is 12.0 Å². The largest absolute Gasteiger partial charge is 0.343 e. The standard InChI is InChI=1S/C12H16N2O3S/c15-11-13-6-8-14(9-7-13)18(16,17)10-12-4-2-1-3-5-12/h1-5,11H,6-10H2. The maximum absolute atomic E-state index is 12.2. The zero-order valence-corrected chi connectivity index (χ0v) is 10.8. The molecule has 0 bridgehead atoms. The van der Waals surface area contributed by atoms with Gasteiger partial charge in [0.15, 0.2) is 0 Å². The third-order valence-electron chi connectivity index (χ3n) is 3.01. The highest BCUT2D eigenvalue weighted by molar-refractivity contribution is 7.88. The van der Waals surface area contributed by atoms with E-state index in [4.69, 9.17) is 0 Å². The summed E-state index contributed by atoms with van der Waals surface area (Å²) in [6.45, 7) is 1.71. The fraction of sp³-hybridized carbons (Fsp3) is 0.417. The average Bonchev–Trinajstić information content (AvgIpc) is 2.39. The lowest BCUT2D eigenvalue weighted by atomic mass is 10.2. The minimum atomic E-state index is -3.28. The summed E-state index contributed by atoms with van der Waals surface area (Å²) in [5.41, 5.74) is 0.787. The minimum absolute atomic E-state index is 0.0227. The van der Waals surface area contributed by atoms with Crippen molar-refractivity contribution in [3.63, 3.8) is 0 Å². The number of hydrogen-bond acceptors (Lipinski definition) is 3. The molecule has 0 aromatic heterocycles. The molecule has 1 amide bonds. The number of nitrogens with zero attached hydrogens (tertiary/aromatic N) is 2. The molecular weight excluding hydrogens is 252 g/mol. The van der Waals surface area contributed by atoms with Gasteiger partial charge in [0.2, 0.25) is 16.4 Å². The van der Waals surface area contributed by atoms with Crippen molar-refractivity contribution in [2.75, 3.05) is 26.2 Å². The molecule has 1 aromatic rings. The lowest BCUT2D eigenvalue weighted by molar-refractivity contribution is -0.119. The van der Waals surface area contributed by atoms with Crippen molar-refractivity contribution in [1.29, 1.82) is 0 Å². The van der Waals surface area contributed by atoms with Crippen molar-refractivity contribution in [3.8, 4) is 0 Å². The second-order valence-electron chi connectivity index (χ2n) is 4.28. The monoisotopic (exact) mass is 268 g/mol. The molecule has 1 fully saturated rings. The molecule has 0 atom stereocenters. The number of benzene rings is 1. The van der Waals surface area contributed by atoms with Gasteiger partial charge in [0.25, 0.3) is 0 Å². The van der Waals surface area contributed by atoms with E-state index in [1.165, 1.54) is 4.31 Å². The summed E-state index contributed by atoms with van der Waals surface area (Å²) in [6.07, 6.45) is 0.765. The van der Waals surface area contributed by atoms with Crippen LogP contribution in [0.2, 0.25) is 0 Å². The lowest BCUT2D eigenvalue weighted by Crippen LogP contribution is -2.48. The molecule has 2 rings (SSSR count). The number of carbonyl (C=O) groups excluding carboxylic acids is 1. The Kier molecular flexibility index (Phi) is 3.98. The smallest absolute Gasteiger partial charge is 0.218 e. The van der Waals surface area contributed by atoms with Crippen molar-refractivity contribution in [2.45, 2.75) is 5.75 Å². The minimum Gasteiger partial charge on any atom is -0.343 e. The van der Waals surface area contributed by atoms with Gasteiger partial charge in [0.1, 0.15) is 0 Å². The van der Waals surface area contributed by atoms with E-state index >= 15 is 0 Å². The Hall–Kier alpha value is -1.40. The van der Waals surface area contributed by atoms with Crippen LogP contribution in [0.25, 0.3) is 0 Å². The van der Waals surface area contributed by atoms with Crippen LogP contribution in [0.15, 0.2) is 30.3 Å². The van der Waals surface area contributed by atoms with Gasteiger partial charge in [-0.25, -0.2) is 8.42 Å². The normalized spacial score (nSPS) is 17.7. The maximum Gasteiger partial charge on any atom is 0.218 e. The highest BCUT2D eigenvalue weighted by atomic mass is 32.2. The highest BCUT2D eigenvalue weighted by Gasteiger charge is 2.26.